The van der Waals surface area contributed by atoms with Gasteiger partial charge in [-0.1, -0.05) is 6.42 Å². The molecule has 0 unspecified atom stereocenters. The second-order valence-electron chi connectivity index (χ2n) is 4.44. The maximum absolute atomic E-state index is 11.8. The summed E-state index contributed by atoms with van der Waals surface area (Å²) >= 11 is 0. The molecule has 0 atom stereocenters. The van der Waals surface area contributed by atoms with E-state index in [-0.39, 0.29) is 5.91 Å². The number of nitrogens with one attached hydrogen (secondary N) is 1. The summed E-state index contributed by atoms with van der Waals surface area (Å²) in [5, 5.41) is 3.10. The van der Waals surface area contributed by atoms with Crippen molar-refractivity contribution >= 4 is 12.3 Å². The number of rotatable bonds is 7. The predicted octanol–water partition coefficient (Wildman–Crippen LogP) is 0.0668. The maximum Gasteiger partial charge on any atom is 0.222 e. The number of hydrogen-bond acceptors (Lipinski definition) is 3. The monoisotopic (exact) mass is 241 g/mol. The number of nitrogens with zero attached hydrogens (tertiary/aromatic N) is 2. The molecule has 0 spiro atoms. The Balaban J connectivity index is 2.10. The van der Waals surface area contributed by atoms with Gasteiger partial charge in [-0.3, -0.25) is 9.59 Å². The first-order valence-electron chi connectivity index (χ1n) is 6.39. The van der Waals surface area contributed by atoms with Gasteiger partial charge >= 0.3 is 0 Å². The van der Waals surface area contributed by atoms with Crippen LogP contribution < -0.4 is 5.32 Å². The minimum absolute atomic E-state index is 0.236. The molecule has 1 rings (SSSR count). The molecule has 0 radical (unpaired) electrons. The summed E-state index contributed by atoms with van der Waals surface area (Å²) in [6.07, 6.45) is 4.70. The average molecular weight is 241 g/mol. The van der Waals surface area contributed by atoms with Crippen LogP contribution in [0, 0.1) is 0 Å². The van der Waals surface area contributed by atoms with Gasteiger partial charge in [0.2, 0.25) is 12.3 Å². The summed E-state index contributed by atoms with van der Waals surface area (Å²) < 4.78 is 0. The molecule has 5 nitrogen and oxygen atoms in total. The van der Waals surface area contributed by atoms with Crippen molar-refractivity contribution in [1.29, 1.82) is 0 Å². The lowest BCUT2D eigenvalue weighted by atomic mass is 10.1. The number of carbonyl (C=O) groups excluding carboxylic acids is 2. The standard InChI is InChI=1S/C12H23N3O2/c1-13-6-4-2-3-5-12(17)15-9-7-14(11-16)8-10-15/h11,13H,2-10H2,1H3. The van der Waals surface area contributed by atoms with Gasteiger partial charge in [0.05, 0.1) is 0 Å². The number of unbranched alkanes of at least 4 members (excludes halogenated alkanes) is 2. The summed E-state index contributed by atoms with van der Waals surface area (Å²) in [5.41, 5.74) is 0. The van der Waals surface area contributed by atoms with E-state index in [1.165, 1.54) is 0 Å². The summed E-state index contributed by atoms with van der Waals surface area (Å²) in [7, 11) is 1.94. The Labute approximate surface area is 103 Å². The van der Waals surface area contributed by atoms with Gasteiger partial charge in [0.15, 0.2) is 0 Å². The van der Waals surface area contributed by atoms with E-state index in [2.05, 4.69) is 5.32 Å². The van der Waals surface area contributed by atoms with E-state index in [4.69, 9.17) is 0 Å². The Morgan fingerprint density at radius 2 is 1.88 bits per heavy atom. The lowest BCUT2D eigenvalue weighted by molar-refractivity contribution is -0.135. The number of piperazine rings is 1. The third-order valence-electron chi connectivity index (χ3n) is 3.13. The minimum Gasteiger partial charge on any atom is -0.342 e. The molecule has 1 saturated heterocycles. The van der Waals surface area contributed by atoms with Crippen LogP contribution in [0.4, 0.5) is 0 Å². The highest BCUT2D eigenvalue weighted by Crippen LogP contribution is 2.06. The molecule has 1 fully saturated rings. The topological polar surface area (TPSA) is 52.7 Å². The molecule has 2 amide bonds. The summed E-state index contributed by atoms with van der Waals surface area (Å²) in [6, 6.07) is 0. The van der Waals surface area contributed by atoms with Crippen molar-refractivity contribution < 1.29 is 9.59 Å². The Morgan fingerprint density at radius 3 is 2.47 bits per heavy atom. The molecule has 0 aromatic carbocycles. The van der Waals surface area contributed by atoms with E-state index in [0.717, 1.165) is 32.2 Å². The number of hydrogen-bond donors (Lipinski definition) is 1. The zero-order valence-electron chi connectivity index (χ0n) is 10.7. The van der Waals surface area contributed by atoms with E-state index in [1.54, 1.807) is 4.90 Å². The molecule has 1 aliphatic heterocycles. The SMILES string of the molecule is CNCCCCCC(=O)N1CCN(C=O)CC1. The Morgan fingerprint density at radius 1 is 1.18 bits per heavy atom. The zero-order chi connectivity index (χ0) is 12.5. The lowest BCUT2D eigenvalue weighted by Crippen LogP contribution is -2.48. The first-order valence-corrected chi connectivity index (χ1v) is 6.39. The van der Waals surface area contributed by atoms with Crippen LogP contribution in [-0.2, 0) is 9.59 Å². The maximum atomic E-state index is 11.8. The minimum atomic E-state index is 0.236. The first kappa shape index (κ1) is 14.0. The second-order valence-corrected chi connectivity index (χ2v) is 4.44. The molecule has 0 aromatic heterocycles. The van der Waals surface area contributed by atoms with Crippen molar-refractivity contribution in [2.24, 2.45) is 0 Å². The van der Waals surface area contributed by atoms with Crippen molar-refractivity contribution in [3.8, 4) is 0 Å². The van der Waals surface area contributed by atoms with Gasteiger partial charge in [-0.05, 0) is 26.4 Å². The van der Waals surface area contributed by atoms with Gasteiger partial charge in [0, 0.05) is 32.6 Å². The lowest BCUT2D eigenvalue weighted by Gasteiger charge is -2.32. The van der Waals surface area contributed by atoms with Crippen LogP contribution in [0.5, 0.6) is 0 Å². The van der Waals surface area contributed by atoms with Crippen LogP contribution in [0.1, 0.15) is 25.7 Å². The highest BCUT2D eigenvalue weighted by atomic mass is 16.2. The predicted molar refractivity (Wildman–Crippen MR) is 66.6 cm³/mol. The fourth-order valence-electron chi connectivity index (χ4n) is 1.99. The van der Waals surface area contributed by atoms with Gasteiger partial charge in [-0.2, -0.15) is 0 Å². The quantitative estimate of drug-likeness (QED) is 0.507. The molecule has 0 bridgehead atoms. The van der Waals surface area contributed by atoms with E-state index < -0.39 is 0 Å². The molecule has 1 aliphatic rings. The van der Waals surface area contributed by atoms with Crippen molar-refractivity contribution in [3.63, 3.8) is 0 Å². The molecular formula is C12H23N3O2. The van der Waals surface area contributed by atoms with E-state index >= 15 is 0 Å². The number of amides is 2. The molecule has 1 heterocycles. The van der Waals surface area contributed by atoms with Crippen LogP contribution in [0.15, 0.2) is 0 Å². The smallest absolute Gasteiger partial charge is 0.222 e. The molecule has 0 aliphatic carbocycles. The van der Waals surface area contributed by atoms with Crippen LogP contribution in [0.2, 0.25) is 0 Å². The van der Waals surface area contributed by atoms with Gasteiger partial charge in [-0.15, -0.1) is 0 Å². The molecule has 1 N–H and O–H groups in total. The van der Waals surface area contributed by atoms with Crippen molar-refractivity contribution in [2.75, 3.05) is 39.8 Å². The summed E-state index contributed by atoms with van der Waals surface area (Å²) in [6.45, 7) is 3.75. The van der Waals surface area contributed by atoms with Gasteiger partial charge < -0.3 is 15.1 Å². The average Bonchev–Trinajstić information content (AvgIpc) is 2.38. The van der Waals surface area contributed by atoms with Crippen LogP contribution in [0.3, 0.4) is 0 Å². The fraction of sp³-hybridized carbons (Fsp3) is 0.833. The van der Waals surface area contributed by atoms with E-state index in [1.807, 2.05) is 11.9 Å². The van der Waals surface area contributed by atoms with Gasteiger partial charge in [-0.25, -0.2) is 0 Å². The number of carbonyl (C=O) groups is 2. The van der Waals surface area contributed by atoms with Crippen LogP contribution >= 0.6 is 0 Å². The first-order chi connectivity index (χ1) is 8.27. The van der Waals surface area contributed by atoms with E-state index in [0.29, 0.717) is 32.6 Å². The highest BCUT2D eigenvalue weighted by molar-refractivity contribution is 5.76. The Bertz CT molecular complexity index is 238. The second kappa shape index (κ2) is 8.06. The molecule has 5 heteroatoms. The molecular weight excluding hydrogens is 218 g/mol. The molecule has 0 aromatic rings. The largest absolute Gasteiger partial charge is 0.342 e. The zero-order valence-corrected chi connectivity index (χ0v) is 10.7. The van der Waals surface area contributed by atoms with Crippen LogP contribution in [0.25, 0.3) is 0 Å². The summed E-state index contributed by atoms with van der Waals surface area (Å²) in [4.78, 5) is 25.9. The van der Waals surface area contributed by atoms with Crippen molar-refractivity contribution in [3.05, 3.63) is 0 Å². The fourth-order valence-corrected chi connectivity index (χ4v) is 1.99. The molecule has 0 saturated carbocycles. The highest BCUT2D eigenvalue weighted by Gasteiger charge is 2.19. The van der Waals surface area contributed by atoms with Crippen molar-refractivity contribution in [1.82, 2.24) is 15.1 Å². The van der Waals surface area contributed by atoms with E-state index in [9.17, 15) is 9.59 Å². The molecule has 98 valence electrons. The van der Waals surface area contributed by atoms with Gasteiger partial charge in [0.25, 0.3) is 0 Å². The normalized spacial score (nSPS) is 16.1. The van der Waals surface area contributed by atoms with Crippen LogP contribution in [-0.4, -0.2) is 61.9 Å². The Kier molecular flexibility index (Phi) is 6.62. The summed E-state index contributed by atoms with van der Waals surface area (Å²) in [5.74, 6) is 0.236. The van der Waals surface area contributed by atoms with Crippen molar-refractivity contribution in [2.45, 2.75) is 25.7 Å². The third kappa shape index (κ3) is 5.17. The van der Waals surface area contributed by atoms with Gasteiger partial charge in [0.1, 0.15) is 0 Å². The Hall–Kier alpha value is -1.10. The third-order valence-corrected chi connectivity index (χ3v) is 3.13. The molecule has 17 heavy (non-hydrogen) atoms.